The lowest BCUT2D eigenvalue weighted by Gasteiger charge is -2.35. The molecule has 190 valence electrons. The number of hydrogen-bond donors (Lipinski definition) is 1. The van der Waals surface area contributed by atoms with E-state index in [4.69, 9.17) is 9.47 Å². The molecule has 1 saturated heterocycles. The van der Waals surface area contributed by atoms with Gasteiger partial charge < -0.3 is 19.5 Å². The average Bonchev–Trinajstić information content (AvgIpc) is 3.58. The number of fused-ring (bicyclic) bond motifs is 4. The Morgan fingerprint density at radius 3 is 2.24 bits per heavy atom. The summed E-state index contributed by atoms with van der Waals surface area (Å²) in [6.45, 7) is 0.989. The van der Waals surface area contributed by atoms with E-state index in [-0.39, 0.29) is 37.1 Å². The molecule has 1 saturated carbocycles. The number of rotatable bonds is 6. The monoisotopic (exact) mass is 561 g/mol. The van der Waals surface area contributed by atoms with Gasteiger partial charge in [0.1, 0.15) is 13.2 Å². The second kappa shape index (κ2) is 9.62. The number of aliphatic carboxylic acids is 1. The molecule has 6 nitrogen and oxygen atoms in total. The summed E-state index contributed by atoms with van der Waals surface area (Å²) in [5, 5.41) is 9.36. The largest absolute Gasteiger partial charge is 0.480 e. The molecule has 3 aliphatic rings. The fraction of sp³-hybridized carbons (Fsp3) is 0.333. The number of likely N-dealkylation sites (tertiary alicyclic amines) is 1. The lowest BCUT2D eigenvalue weighted by atomic mass is 9.82. The van der Waals surface area contributed by atoms with Crippen molar-refractivity contribution < 1.29 is 24.2 Å². The lowest BCUT2D eigenvalue weighted by Crippen LogP contribution is -2.40. The molecule has 1 amide bonds. The Kier molecular flexibility index (Phi) is 6.29. The molecule has 3 unspecified atom stereocenters. The molecule has 0 radical (unpaired) electrons. The van der Waals surface area contributed by atoms with Gasteiger partial charge in [-0.15, -0.1) is 0 Å². The quantitative estimate of drug-likeness (QED) is 0.397. The number of carboxylic acids is 1. The van der Waals surface area contributed by atoms with Crippen molar-refractivity contribution in [1.29, 1.82) is 0 Å². The van der Waals surface area contributed by atoms with E-state index in [2.05, 4.69) is 40.2 Å². The van der Waals surface area contributed by atoms with Gasteiger partial charge >= 0.3 is 12.1 Å². The van der Waals surface area contributed by atoms with Crippen LogP contribution < -0.4 is 0 Å². The highest BCUT2D eigenvalue weighted by atomic mass is 79.9. The molecule has 2 fully saturated rings. The van der Waals surface area contributed by atoms with Gasteiger partial charge in [0.15, 0.2) is 0 Å². The predicted molar refractivity (Wildman–Crippen MR) is 142 cm³/mol. The van der Waals surface area contributed by atoms with E-state index < -0.39 is 11.6 Å². The zero-order valence-electron chi connectivity index (χ0n) is 20.3. The Morgan fingerprint density at radius 2 is 1.59 bits per heavy atom. The predicted octanol–water partition coefficient (Wildman–Crippen LogP) is 6.04. The summed E-state index contributed by atoms with van der Waals surface area (Å²) in [5.74, 6) is -0.739. The minimum Gasteiger partial charge on any atom is -0.480 e. The third kappa shape index (κ3) is 4.24. The number of hydrogen-bond acceptors (Lipinski definition) is 4. The molecule has 3 atom stereocenters. The number of halogens is 1. The highest BCUT2D eigenvalue weighted by Gasteiger charge is 2.55. The minimum absolute atomic E-state index is 0.00788. The van der Waals surface area contributed by atoms with Crippen LogP contribution in [0.1, 0.15) is 35.4 Å². The van der Waals surface area contributed by atoms with Crippen molar-refractivity contribution in [2.45, 2.75) is 24.4 Å². The fourth-order valence-electron chi connectivity index (χ4n) is 6.66. The highest BCUT2D eigenvalue weighted by Crippen LogP contribution is 2.53. The Balaban J connectivity index is 1.19. The first-order valence-corrected chi connectivity index (χ1v) is 13.5. The third-order valence-corrected chi connectivity index (χ3v) is 8.84. The molecule has 0 spiro atoms. The van der Waals surface area contributed by atoms with Crippen molar-refractivity contribution in [2.24, 2.45) is 11.8 Å². The van der Waals surface area contributed by atoms with E-state index in [1.54, 1.807) is 4.90 Å². The van der Waals surface area contributed by atoms with Crippen molar-refractivity contribution in [3.8, 4) is 11.1 Å². The van der Waals surface area contributed by atoms with Gasteiger partial charge in [0.05, 0.1) is 5.60 Å². The number of benzene rings is 3. The summed E-state index contributed by atoms with van der Waals surface area (Å²) in [7, 11) is 0. The van der Waals surface area contributed by atoms with Crippen LogP contribution in [0.3, 0.4) is 0 Å². The van der Waals surface area contributed by atoms with Gasteiger partial charge in [-0.1, -0.05) is 76.6 Å². The summed E-state index contributed by atoms with van der Waals surface area (Å²) in [4.78, 5) is 26.5. The van der Waals surface area contributed by atoms with E-state index in [1.165, 1.54) is 22.3 Å². The molecule has 1 heterocycles. The summed E-state index contributed by atoms with van der Waals surface area (Å²) in [5.41, 5.74) is 4.99. The van der Waals surface area contributed by atoms with E-state index in [0.29, 0.717) is 13.1 Å². The molecule has 2 aliphatic carbocycles. The van der Waals surface area contributed by atoms with Crippen LogP contribution in [0.2, 0.25) is 0 Å². The first-order valence-electron chi connectivity index (χ1n) is 12.7. The molecule has 1 aliphatic heterocycles. The minimum atomic E-state index is -0.994. The zero-order valence-corrected chi connectivity index (χ0v) is 21.9. The first-order chi connectivity index (χ1) is 18.0. The van der Waals surface area contributed by atoms with E-state index in [9.17, 15) is 14.7 Å². The Morgan fingerprint density at radius 1 is 0.946 bits per heavy atom. The molecule has 0 bridgehead atoms. The second-order valence-electron chi connectivity index (χ2n) is 10.2. The van der Waals surface area contributed by atoms with Crippen molar-refractivity contribution >= 4 is 28.0 Å². The standard InChI is InChI=1S/C30H28BrNO5/c31-21-11-9-20(10-12-21)30(37-18-28(33)34)14-13-19-15-32(16-27(19)30)29(35)36-17-26-24-7-3-1-5-22(24)23-6-2-4-8-25(23)26/h1-12,19,26-27H,13-18H2,(H,33,34). The number of carbonyl (C=O) groups is 2. The normalized spacial score (nSPS) is 24.0. The van der Waals surface area contributed by atoms with Crippen molar-refractivity contribution in [1.82, 2.24) is 4.90 Å². The smallest absolute Gasteiger partial charge is 0.409 e. The number of carbonyl (C=O) groups excluding carboxylic acids is 1. The summed E-state index contributed by atoms with van der Waals surface area (Å²) >= 11 is 3.48. The fourth-order valence-corrected chi connectivity index (χ4v) is 6.92. The summed E-state index contributed by atoms with van der Waals surface area (Å²) in [6, 6.07) is 24.5. The van der Waals surface area contributed by atoms with Crippen LogP contribution in [0.15, 0.2) is 77.3 Å². The van der Waals surface area contributed by atoms with Gasteiger partial charge in [-0.05, 0) is 58.7 Å². The van der Waals surface area contributed by atoms with Gasteiger partial charge in [-0.3, -0.25) is 0 Å². The Hall–Kier alpha value is -3.16. The SMILES string of the molecule is O=C(O)COC1(c2ccc(Br)cc2)CCC2CN(C(=O)OCC3c4ccccc4-c4ccccc43)CC21. The maximum atomic E-state index is 13.3. The van der Waals surface area contributed by atoms with Crippen LogP contribution in [0.4, 0.5) is 4.79 Å². The Labute approximate surface area is 224 Å². The number of carboxylic acid groups (broad SMARTS) is 1. The van der Waals surface area contributed by atoms with Gasteiger partial charge in [0.25, 0.3) is 0 Å². The third-order valence-electron chi connectivity index (χ3n) is 8.31. The number of ether oxygens (including phenoxy) is 2. The summed E-state index contributed by atoms with van der Waals surface area (Å²) < 4.78 is 13.0. The summed E-state index contributed by atoms with van der Waals surface area (Å²) in [6.07, 6.45) is 1.28. The van der Waals surface area contributed by atoms with E-state index in [0.717, 1.165) is 22.9 Å². The lowest BCUT2D eigenvalue weighted by molar-refractivity contribution is -0.154. The van der Waals surface area contributed by atoms with Crippen LogP contribution in [0.25, 0.3) is 11.1 Å². The zero-order chi connectivity index (χ0) is 25.6. The molecule has 1 N–H and O–H groups in total. The van der Waals surface area contributed by atoms with Gasteiger partial charge in [0, 0.05) is 29.4 Å². The van der Waals surface area contributed by atoms with Gasteiger partial charge in [-0.25, -0.2) is 9.59 Å². The highest BCUT2D eigenvalue weighted by molar-refractivity contribution is 9.10. The molecule has 3 aromatic carbocycles. The van der Waals surface area contributed by atoms with E-state index >= 15 is 0 Å². The maximum absolute atomic E-state index is 13.3. The van der Waals surface area contributed by atoms with Crippen LogP contribution in [0.5, 0.6) is 0 Å². The van der Waals surface area contributed by atoms with Crippen molar-refractivity contribution in [3.05, 3.63) is 94.0 Å². The second-order valence-corrected chi connectivity index (χ2v) is 11.1. The first kappa shape index (κ1) is 24.2. The number of nitrogens with zero attached hydrogens (tertiary/aromatic N) is 1. The number of amides is 1. The molecular weight excluding hydrogens is 534 g/mol. The average molecular weight is 562 g/mol. The van der Waals surface area contributed by atoms with Gasteiger partial charge in [-0.2, -0.15) is 0 Å². The molecule has 6 rings (SSSR count). The van der Waals surface area contributed by atoms with Crippen LogP contribution in [0, 0.1) is 11.8 Å². The van der Waals surface area contributed by atoms with Crippen molar-refractivity contribution in [2.75, 3.05) is 26.3 Å². The molecule has 7 heteroatoms. The van der Waals surface area contributed by atoms with Crippen LogP contribution in [-0.4, -0.2) is 48.4 Å². The van der Waals surface area contributed by atoms with Crippen LogP contribution in [-0.2, 0) is 19.9 Å². The maximum Gasteiger partial charge on any atom is 0.409 e. The Bertz CT molecular complexity index is 1300. The molecule has 37 heavy (non-hydrogen) atoms. The van der Waals surface area contributed by atoms with Gasteiger partial charge in [0.2, 0.25) is 0 Å². The van der Waals surface area contributed by atoms with Crippen molar-refractivity contribution in [3.63, 3.8) is 0 Å². The van der Waals surface area contributed by atoms with Crippen LogP contribution >= 0.6 is 15.9 Å². The van der Waals surface area contributed by atoms with E-state index in [1.807, 2.05) is 48.5 Å². The molecule has 0 aromatic heterocycles. The molecular formula is C30H28BrNO5. The topological polar surface area (TPSA) is 76.1 Å². The molecule has 3 aromatic rings.